The number of carbonyl (C=O) groups excluding carboxylic acids is 2. The first-order valence-corrected chi connectivity index (χ1v) is 17.9. The maximum atomic E-state index is 15.2. The number of ether oxygens (including phenoxy) is 6. The van der Waals surface area contributed by atoms with E-state index in [0.717, 1.165) is 22.3 Å². The van der Waals surface area contributed by atoms with Crippen LogP contribution in [-0.2, 0) is 31.7 Å². The van der Waals surface area contributed by atoms with E-state index in [9.17, 15) is 14.4 Å². The zero-order valence-electron chi connectivity index (χ0n) is 30.6. The van der Waals surface area contributed by atoms with Gasteiger partial charge in [-0.3, -0.25) is 23.5 Å². The van der Waals surface area contributed by atoms with Gasteiger partial charge >= 0.3 is 5.69 Å². The lowest BCUT2D eigenvalue weighted by atomic mass is 9.66. The van der Waals surface area contributed by atoms with Gasteiger partial charge in [-0.25, -0.2) is 4.79 Å². The molecule has 1 unspecified atom stereocenters. The molecular formula is C40H38ClN3O10. The lowest BCUT2D eigenvalue weighted by Crippen LogP contribution is -2.58. The minimum Gasteiger partial charge on any atom is -0.496 e. The average molecular weight is 756 g/mol. The van der Waals surface area contributed by atoms with Crippen molar-refractivity contribution in [1.29, 1.82) is 0 Å². The second-order valence-corrected chi connectivity index (χ2v) is 14.2. The molecule has 3 aromatic carbocycles. The minimum atomic E-state index is -2.04. The van der Waals surface area contributed by atoms with Crippen molar-refractivity contribution in [2.24, 2.45) is 20.0 Å². The number of rotatable bonds is 8. The van der Waals surface area contributed by atoms with Crippen LogP contribution < -0.4 is 45.0 Å². The number of fused-ring (bicyclic) bond motifs is 3. The molecule has 0 bridgehead atoms. The van der Waals surface area contributed by atoms with E-state index in [1.165, 1.54) is 44.6 Å². The van der Waals surface area contributed by atoms with Crippen LogP contribution in [0.4, 0.5) is 5.82 Å². The minimum absolute atomic E-state index is 0.0162. The number of benzene rings is 3. The molecule has 1 aliphatic carbocycles. The fourth-order valence-corrected chi connectivity index (χ4v) is 8.44. The molecule has 54 heavy (non-hydrogen) atoms. The fraction of sp³-hybridized carbons (Fsp3) is 0.350. The molecule has 8 rings (SSSR count). The number of anilines is 1. The molecule has 3 atom stereocenters. The van der Waals surface area contributed by atoms with E-state index in [0.29, 0.717) is 42.4 Å². The highest BCUT2D eigenvalue weighted by molar-refractivity contribution is 6.36. The van der Waals surface area contributed by atoms with Crippen molar-refractivity contribution < 1.29 is 38.0 Å². The quantitative estimate of drug-likeness (QED) is 0.249. The van der Waals surface area contributed by atoms with Gasteiger partial charge in [0.15, 0.2) is 17.2 Å². The molecule has 0 saturated heterocycles. The third-order valence-electron chi connectivity index (χ3n) is 11.0. The molecule has 4 aliphatic rings. The van der Waals surface area contributed by atoms with Crippen molar-refractivity contribution in [3.63, 3.8) is 0 Å². The summed E-state index contributed by atoms with van der Waals surface area (Å²) in [5.41, 5.74) is 0.397. The molecule has 13 nitrogen and oxygen atoms in total. The van der Waals surface area contributed by atoms with E-state index >= 15 is 4.79 Å². The van der Waals surface area contributed by atoms with Crippen LogP contribution >= 0.6 is 11.6 Å². The predicted octanol–water partition coefficient (Wildman–Crippen LogP) is 4.75. The van der Waals surface area contributed by atoms with Gasteiger partial charge in [-0.1, -0.05) is 36.7 Å². The largest absolute Gasteiger partial charge is 0.496 e. The lowest BCUT2D eigenvalue weighted by Gasteiger charge is -2.42. The zero-order valence-corrected chi connectivity index (χ0v) is 31.3. The summed E-state index contributed by atoms with van der Waals surface area (Å²) in [6.07, 6.45) is 1.68. The highest BCUT2D eigenvalue weighted by Gasteiger charge is 2.64. The molecule has 1 aromatic heterocycles. The van der Waals surface area contributed by atoms with Gasteiger partial charge < -0.3 is 33.7 Å². The molecule has 14 heteroatoms. The smallest absolute Gasteiger partial charge is 0.332 e. The normalized spacial score (nSPS) is 20.7. The molecule has 3 aliphatic heterocycles. The van der Waals surface area contributed by atoms with Gasteiger partial charge in [0.2, 0.25) is 17.2 Å². The Hall–Kier alpha value is -5.69. The highest BCUT2D eigenvalue weighted by Crippen LogP contribution is 2.56. The maximum Gasteiger partial charge on any atom is 0.332 e. The SMILES string of the molecule is COc1cc(C2C3=C(C[C@@H](C)[C@]4(Oc5c(Cl)c(OC)cc(OC)c5C4=O)C3=O)Nc3c2c(=O)n(C)c(=O)n3C)ccc1OCCc1ccc2c(c1)CCO2. The number of halogens is 1. The number of allylic oxidation sites excluding steroid dienone is 1. The Kier molecular flexibility index (Phi) is 8.52. The van der Waals surface area contributed by atoms with Crippen molar-refractivity contribution in [3.8, 4) is 34.5 Å². The number of ketones is 2. The summed E-state index contributed by atoms with van der Waals surface area (Å²) in [7, 11) is 7.26. The van der Waals surface area contributed by atoms with Crippen molar-refractivity contribution in [2.75, 3.05) is 39.9 Å². The number of nitrogens with zero attached hydrogens (tertiary/aromatic N) is 2. The summed E-state index contributed by atoms with van der Waals surface area (Å²) >= 11 is 6.69. The Morgan fingerprint density at radius 3 is 2.41 bits per heavy atom. The van der Waals surface area contributed by atoms with Gasteiger partial charge in [0, 0.05) is 56.1 Å². The molecule has 0 fully saturated rings. The van der Waals surface area contributed by atoms with Crippen LogP contribution in [0.1, 0.15) is 51.9 Å². The number of hydrogen-bond donors (Lipinski definition) is 1. The predicted molar refractivity (Wildman–Crippen MR) is 198 cm³/mol. The Labute approximate surface area is 314 Å². The summed E-state index contributed by atoms with van der Waals surface area (Å²) in [5.74, 6) is -0.678. The van der Waals surface area contributed by atoms with Crippen LogP contribution in [0.25, 0.3) is 0 Å². The van der Waals surface area contributed by atoms with E-state index in [-0.39, 0.29) is 51.2 Å². The van der Waals surface area contributed by atoms with Gasteiger partial charge in [-0.05, 0) is 41.3 Å². The van der Waals surface area contributed by atoms with E-state index in [2.05, 4.69) is 11.4 Å². The van der Waals surface area contributed by atoms with Gasteiger partial charge in [0.25, 0.3) is 5.56 Å². The highest BCUT2D eigenvalue weighted by atomic mass is 35.5. The standard InChI is InChI=1S/C40H38ClN3O10/c1-19-15-23-30(35(45)40(19)36(46)31-27(50-5)18-28(51-6)33(41)34(31)54-40)29(32-37(42-23)43(2)39(48)44(3)38(32)47)22-8-10-25(26(17-22)49-4)53-13-11-20-7-9-24-21(16-20)12-14-52-24/h7-10,16-19,29,42H,11-15H2,1-6H3/t19-,29?,40+/m1/s1. The lowest BCUT2D eigenvalue weighted by molar-refractivity contribution is -0.130. The van der Waals surface area contributed by atoms with Gasteiger partial charge in [-0.15, -0.1) is 0 Å². The number of methoxy groups -OCH3 is 3. The third kappa shape index (κ3) is 5.04. The van der Waals surface area contributed by atoms with E-state index in [4.69, 9.17) is 40.0 Å². The average Bonchev–Trinajstić information content (AvgIpc) is 3.78. The van der Waals surface area contributed by atoms with Crippen molar-refractivity contribution >= 4 is 29.0 Å². The Morgan fingerprint density at radius 1 is 0.907 bits per heavy atom. The van der Waals surface area contributed by atoms with Crippen molar-refractivity contribution in [3.05, 3.63) is 107 Å². The molecular weight excluding hydrogens is 718 g/mol. The van der Waals surface area contributed by atoms with Crippen molar-refractivity contribution in [2.45, 2.75) is 37.7 Å². The van der Waals surface area contributed by atoms with Crippen molar-refractivity contribution in [1.82, 2.24) is 9.13 Å². The molecule has 4 aromatic rings. The Morgan fingerprint density at radius 2 is 1.67 bits per heavy atom. The fourth-order valence-electron chi connectivity index (χ4n) is 8.18. The molecule has 0 amide bonds. The molecule has 4 heterocycles. The molecule has 1 N–H and O–H groups in total. The Bertz CT molecular complexity index is 2450. The zero-order chi connectivity index (χ0) is 38.2. The first-order chi connectivity index (χ1) is 25.9. The summed E-state index contributed by atoms with van der Waals surface area (Å²) in [4.78, 5) is 57.1. The molecule has 280 valence electrons. The van der Waals surface area contributed by atoms with Crippen LogP contribution in [0.15, 0.2) is 63.3 Å². The third-order valence-corrected chi connectivity index (χ3v) is 11.4. The van der Waals surface area contributed by atoms with Crippen LogP contribution in [0, 0.1) is 5.92 Å². The van der Waals surface area contributed by atoms with E-state index in [1.807, 2.05) is 12.1 Å². The number of nitrogens with one attached hydrogen (secondary N) is 1. The Balaban J connectivity index is 1.22. The van der Waals surface area contributed by atoms with Crippen LogP contribution in [0.2, 0.25) is 5.02 Å². The molecule has 0 radical (unpaired) electrons. The topological polar surface area (TPSA) is 146 Å². The molecule has 1 spiro atoms. The van der Waals surface area contributed by atoms with Gasteiger partial charge in [0.1, 0.15) is 33.7 Å². The number of hydrogen-bond acceptors (Lipinski definition) is 11. The first kappa shape index (κ1) is 35.3. The molecule has 0 saturated carbocycles. The van der Waals surface area contributed by atoms with Crippen LogP contribution in [0.5, 0.6) is 34.5 Å². The summed E-state index contributed by atoms with van der Waals surface area (Å²) < 4.78 is 37.4. The number of carbonyl (C=O) groups is 2. The van der Waals surface area contributed by atoms with Gasteiger partial charge in [-0.2, -0.15) is 0 Å². The number of Topliss-reactive ketones (excluding diaryl/α,β-unsaturated/α-hetero) is 2. The van der Waals surface area contributed by atoms with E-state index < -0.39 is 40.3 Å². The summed E-state index contributed by atoms with van der Waals surface area (Å²) in [6, 6.07) is 12.8. The second-order valence-electron chi connectivity index (χ2n) is 13.9. The summed E-state index contributed by atoms with van der Waals surface area (Å²) in [6.45, 7) is 2.78. The monoisotopic (exact) mass is 755 g/mol. The number of aromatic nitrogens is 2. The maximum absolute atomic E-state index is 15.2. The van der Waals surface area contributed by atoms with Crippen LogP contribution in [-0.4, -0.2) is 60.8 Å². The summed E-state index contributed by atoms with van der Waals surface area (Å²) in [5, 5.41) is 3.26. The van der Waals surface area contributed by atoms with Crippen LogP contribution in [0.3, 0.4) is 0 Å². The van der Waals surface area contributed by atoms with Gasteiger partial charge in [0.05, 0.1) is 40.1 Å². The first-order valence-electron chi connectivity index (χ1n) is 17.5. The van der Waals surface area contributed by atoms with E-state index in [1.54, 1.807) is 32.2 Å². The second kappa shape index (κ2) is 13.0.